The van der Waals surface area contributed by atoms with E-state index in [1.165, 1.54) is 29.7 Å². The SMILES string of the molecule is COCCCCNCc1c(C)nn2c(C3CCCN(Cc4ccc(Cl)cc4)C3)ccnc12. The van der Waals surface area contributed by atoms with Crippen molar-refractivity contribution in [3.8, 4) is 0 Å². The van der Waals surface area contributed by atoms with Crippen molar-refractivity contribution in [1.82, 2.24) is 24.8 Å². The van der Waals surface area contributed by atoms with Gasteiger partial charge in [0, 0.05) is 56.1 Å². The molecule has 1 aliphatic heterocycles. The Labute approximate surface area is 195 Å². The molecule has 0 amide bonds. The number of methoxy groups -OCH3 is 1. The third-order valence-electron chi connectivity index (χ3n) is 6.34. The van der Waals surface area contributed by atoms with Gasteiger partial charge in [-0.3, -0.25) is 4.90 Å². The Hall–Kier alpha value is -1.99. The van der Waals surface area contributed by atoms with Crippen LogP contribution in [-0.2, 0) is 17.8 Å². The lowest BCUT2D eigenvalue weighted by atomic mass is 9.94. The summed E-state index contributed by atoms with van der Waals surface area (Å²) >= 11 is 6.05. The molecular formula is C25H34ClN5O. The number of benzene rings is 1. The molecule has 0 spiro atoms. The maximum atomic E-state index is 6.05. The van der Waals surface area contributed by atoms with Crippen LogP contribution in [0.2, 0.25) is 5.02 Å². The van der Waals surface area contributed by atoms with E-state index >= 15 is 0 Å². The fourth-order valence-electron chi connectivity index (χ4n) is 4.63. The molecule has 1 aromatic carbocycles. The summed E-state index contributed by atoms with van der Waals surface area (Å²) in [6, 6.07) is 10.4. The summed E-state index contributed by atoms with van der Waals surface area (Å²) in [5, 5.41) is 9.24. The van der Waals surface area contributed by atoms with E-state index in [1.807, 2.05) is 18.3 Å². The second kappa shape index (κ2) is 11.2. The average molecular weight is 456 g/mol. The third-order valence-corrected chi connectivity index (χ3v) is 6.59. The van der Waals surface area contributed by atoms with Crippen molar-refractivity contribution in [3.05, 3.63) is 64.1 Å². The van der Waals surface area contributed by atoms with E-state index in [-0.39, 0.29) is 0 Å². The molecular weight excluding hydrogens is 422 g/mol. The first-order valence-corrected chi connectivity index (χ1v) is 12.0. The monoisotopic (exact) mass is 455 g/mol. The zero-order valence-corrected chi connectivity index (χ0v) is 19.9. The number of nitrogens with one attached hydrogen (secondary N) is 1. The number of unbranched alkanes of at least 4 members (excludes halogenated alkanes) is 1. The molecule has 32 heavy (non-hydrogen) atoms. The van der Waals surface area contributed by atoms with E-state index in [0.717, 1.165) is 68.5 Å². The first-order valence-electron chi connectivity index (χ1n) is 11.6. The molecule has 3 aromatic rings. The smallest absolute Gasteiger partial charge is 0.159 e. The van der Waals surface area contributed by atoms with Gasteiger partial charge in [-0.05, 0) is 69.5 Å². The summed E-state index contributed by atoms with van der Waals surface area (Å²) in [4.78, 5) is 7.24. The number of fused-ring (bicyclic) bond motifs is 1. The molecule has 172 valence electrons. The predicted molar refractivity (Wildman–Crippen MR) is 129 cm³/mol. The maximum absolute atomic E-state index is 6.05. The van der Waals surface area contributed by atoms with Crippen molar-refractivity contribution in [1.29, 1.82) is 0 Å². The minimum Gasteiger partial charge on any atom is -0.385 e. The molecule has 3 heterocycles. The third kappa shape index (κ3) is 5.67. The molecule has 1 fully saturated rings. The zero-order valence-electron chi connectivity index (χ0n) is 19.2. The number of ether oxygens (including phenoxy) is 1. The lowest BCUT2D eigenvalue weighted by Crippen LogP contribution is -2.34. The fraction of sp³-hybridized carbons (Fsp3) is 0.520. The standard InChI is InChI=1S/C25H34ClN5O/c1-19-23(16-27-12-3-4-15-32-2)25-28-13-11-24(31(25)29-19)21-6-5-14-30(18-21)17-20-7-9-22(26)10-8-20/h7-11,13,21,27H,3-6,12,14-18H2,1-2H3. The second-order valence-electron chi connectivity index (χ2n) is 8.75. The van der Waals surface area contributed by atoms with E-state index < -0.39 is 0 Å². The normalized spacial score (nSPS) is 17.3. The molecule has 0 saturated carbocycles. The van der Waals surface area contributed by atoms with Crippen LogP contribution in [0.15, 0.2) is 36.5 Å². The topological polar surface area (TPSA) is 54.7 Å². The van der Waals surface area contributed by atoms with Gasteiger partial charge in [-0.1, -0.05) is 23.7 Å². The quantitative estimate of drug-likeness (QED) is 0.453. The Morgan fingerprint density at radius 1 is 1.19 bits per heavy atom. The molecule has 0 radical (unpaired) electrons. The van der Waals surface area contributed by atoms with Gasteiger partial charge >= 0.3 is 0 Å². The van der Waals surface area contributed by atoms with Gasteiger partial charge in [0.2, 0.25) is 0 Å². The van der Waals surface area contributed by atoms with Crippen LogP contribution in [0.25, 0.3) is 5.65 Å². The van der Waals surface area contributed by atoms with Gasteiger partial charge in [0.15, 0.2) is 5.65 Å². The molecule has 0 bridgehead atoms. The van der Waals surface area contributed by atoms with Crippen molar-refractivity contribution < 1.29 is 4.74 Å². The minimum absolute atomic E-state index is 0.454. The van der Waals surface area contributed by atoms with Crippen molar-refractivity contribution in [2.45, 2.75) is 51.6 Å². The highest BCUT2D eigenvalue weighted by Gasteiger charge is 2.25. The van der Waals surface area contributed by atoms with Crippen molar-refractivity contribution in [2.75, 3.05) is 33.4 Å². The van der Waals surface area contributed by atoms with Crippen molar-refractivity contribution >= 4 is 17.2 Å². The largest absolute Gasteiger partial charge is 0.385 e. The summed E-state index contributed by atoms with van der Waals surface area (Å²) in [6.07, 6.45) is 6.51. The van der Waals surface area contributed by atoms with E-state index in [9.17, 15) is 0 Å². The molecule has 6 nitrogen and oxygen atoms in total. The highest BCUT2D eigenvalue weighted by molar-refractivity contribution is 6.30. The lowest BCUT2D eigenvalue weighted by Gasteiger charge is -2.33. The number of nitrogens with zero attached hydrogens (tertiary/aromatic N) is 4. The highest BCUT2D eigenvalue weighted by atomic mass is 35.5. The van der Waals surface area contributed by atoms with Crippen LogP contribution in [0, 0.1) is 6.92 Å². The molecule has 1 saturated heterocycles. The van der Waals surface area contributed by atoms with Gasteiger partial charge in [0.1, 0.15) is 0 Å². The summed E-state index contributed by atoms with van der Waals surface area (Å²) in [7, 11) is 1.75. The van der Waals surface area contributed by atoms with Crippen LogP contribution in [0.3, 0.4) is 0 Å². The van der Waals surface area contributed by atoms with Crippen molar-refractivity contribution in [3.63, 3.8) is 0 Å². The first-order chi connectivity index (χ1) is 15.7. The van der Waals surface area contributed by atoms with Crippen LogP contribution in [-0.4, -0.2) is 52.8 Å². The first kappa shape index (κ1) is 23.2. The molecule has 2 aromatic heterocycles. The number of halogens is 1. The molecule has 1 unspecified atom stereocenters. The van der Waals surface area contributed by atoms with E-state index in [2.05, 4.69) is 39.9 Å². The summed E-state index contributed by atoms with van der Waals surface area (Å²) in [5.41, 5.74) is 5.82. The number of hydrogen-bond donors (Lipinski definition) is 1. The Kier molecular flexibility index (Phi) is 8.14. The van der Waals surface area contributed by atoms with E-state index in [0.29, 0.717) is 5.92 Å². The van der Waals surface area contributed by atoms with Gasteiger partial charge < -0.3 is 10.1 Å². The van der Waals surface area contributed by atoms with Gasteiger partial charge in [0.05, 0.1) is 11.4 Å². The minimum atomic E-state index is 0.454. The number of piperidine rings is 1. The fourth-order valence-corrected chi connectivity index (χ4v) is 4.76. The van der Waals surface area contributed by atoms with Crippen LogP contribution in [0.1, 0.15) is 54.1 Å². The zero-order chi connectivity index (χ0) is 22.3. The second-order valence-corrected chi connectivity index (χ2v) is 9.18. The average Bonchev–Trinajstić information content (AvgIpc) is 3.13. The molecule has 1 aliphatic rings. The summed E-state index contributed by atoms with van der Waals surface area (Å²) < 4.78 is 7.22. The number of hydrogen-bond acceptors (Lipinski definition) is 5. The van der Waals surface area contributed by atoms with Crippen LogP contribution < -0.4 is 5.32 Å². The van der Waals surface area contributed by atoms with E-state index in [1.54, 1.807) is 7.11 Å². The Balaban J connectivity index is 1.44. The van der Waals surface area contributed by atoms with Crippen molar-refractivity contribution in [2.24, 2.45) is 0 Å². The molecule has 1 atom stereocenters. The Morgan fingerprint density at radius 3 is 2.84 bits per heavy atom. The summed E-state index contributed by atoms with van der Waals surface area (Å²) in [5.74, 6) is 0.454. The van der Waals surface area contributed by atoms with Gasteiger partial charge in [-0.2, -0.15) is 5.10 Å². The lowest BCUT2D eigenvalue weighted by molar-refractivity contribution is 0.192. The number of likely N-dealkylation sites (tertiary alicyclic amines) is 1. The Bertz CT molecular complexity index is 1000. The van der Waals surface area contributed by atoms with Crippen LogP contribution in [0.5, 0.6) is 0 Å². The van der Waals surface area contributed by atoms with Gasteiger partial charge in [-0.25, -0.2) is 9.50 Å². The van der Waals surface area contributed by atoms with Gasteiger partial charge in [0.25, 0.3) is 0 Å². The van der Waals surface area contributed by atoms with Crippen LogP contribution >= 0.6 is 11.6 Å². The van der Waals surface area contributed by atoms with Gasteiger partial charge in [-0.15, -0.1) is 0 Å². The molecule has 0 aliphatic carbocycles. The Morgan fingerprint density at radius 2 is 2.03 bits per heavy atom. The molecule has 4 rings (SSSR count). The predicted octanol–water partition coefficient (Wildman–Crippen LogP) is 4.59. The summed E-state index contributed by atoms with van der Waals surface area (Å²) in [6.45, 7) is 7.80. The molecule has 7 heteroatoms. The number of aromatic nitrogens is 3. The highest BCUT2D eigenvalue weighted by Crippen LogP contribution is 2.29. The molecule has 1 N–H and O–H groups in total. The van der Waals surface area contributed by atoms with E-state index in [4.69, 9.17) is 26.4 Å². The van der Waals surface area contributed by atoms with Crippen LogP contribution in [0.4, 0.5) is 0 Å². The number of aryl methyl sites for hydroxylation is 1. The maximum Gasteiger partial charge on any atom is 0.159 e. The number of rotatable bonds is 10.